The highest BCUT2D eigenvalue weighted by molar-refractivity contribution is 7.81. The second-order valence-electron chi connectivity index (χ2n) is 2.69. The van der Waals surface area contributed by atoms with E-state index >= 15 is 0 Å². The molecule has 0 aromatic carbocycles. The topological polar surface area (TPSA) is 47.4 Å². The molecule has 1 atom stereocenters. The maximum Gasteiger partial charge on any atom is 0.204 e. The molecule has 72 valence electrons. The van der Waals surface area contributed by atoms with E-state index in [4.69, 9.17) is 4.74 Å². The monoisotopic (exact) mass is 201 g/mol. The van der Waals surface area contributed by atoms with Crippen molar-refractivity contribution in [2.75, 3.05) is 26.3 Å². The Hall–Kier alpha value is -0.720. The number of aromatic nitrogens is 2. The summed E-state index contributed by atoms with van der Waals surface area (Å²) in [6.07, 6.45) is 4.88. The van der Waals surface area contributed by atoms with E-state index in [9.17, 15) is 4.21 Å². The number of ether oxygens (including phenoxy) is 1. The Kier molecular flexibility index (Phi) is 2.72. The van der Waals surface area contributed by atoms with Gasteiger partial charge in [0.05, 0.1) is 13.2 Å². The average molecular weight is 201 g/mol. The minimum atomic E-state index is -1.13. The van der Waals surface area contributed by atoms with E-state index in [-0.39, 0.29) is 0 Å². The molecule has 0 saturated carbocycles. The second kappa shape index (κ2) is 3.99. The van der Waals surface area contributed by atoms with Crippen molar-refractivity contribution in [3.8, 4) is 0 Å². The normalized spacial score (nSPS) is 21.5. The van der Waals surface area contributed by atoms with Crippen LogP contribution in [0.1, 0.15) is 0 Å². The lowest BCUT2D eigenvalue weighted by Gasteiger charge is -2.24. The van der Waals surface area contributed by atoms with E-state index in [0.29, 0.717) is 26.3 Å². The van der Waals surface area contributed by atoms with Crippen molar-refractivity contribution in [2.45, 2.75) is 0 Å². The van der Waals surface area contributed by atoms with Crippen molar-refractivity contribution in [3.63, 3.8) is 0 Å². The highest BCUT2D eigenvalue weighted by Gasteiger charge is 2.17. The lowest BCUT2D eigenvalue weighted by atomic mass is 10.5. The highest BCUT2D eigenvalue weighted by Crippen LogP contribution is 2.03. The Balaban J connectivity index is 2.04. The molecule has 5 nitrogen and oxygen atoms in total. The fraction of sp³-hybridized carbons (Fsp3) is 0.571. The summed E-state index contributed by atoms with van der Waals surface area (Å²) in [5, 5.41) is 0. The first-order valence-electron chi connectivity index (χ1n) is 4.11. The predicted molar refractivity (Wildman–Crippen MR) is 48.2 cm³/mol. The molecule has 0 amide bonds. The maximum atomic E-state index is 11.8. The van der Waals surface area contributed by atoms with Crippen LogP contribution < -0.4 is 0 Å². The van der Waals surface area contributed by atoms with Gasteiger partial charge in [0.1, 0.15) is 6.33 Å². The van der Waals surface area contributed by atoms with Gasteiger partial charge in [0.25, 0.3) is 0 Å². The molecule has 2 heterocycles. The first-order chi connectivity index (χ1) is 6.38. The summed E-state index contributed by atoms with van der Waals surface area (Å²) in [7, 11) is 0. The quantitative estimate of drug-likeness (QED) is 0.656. The molecular formula is C7H11N3O2S. The fourth-order valence-electron chi connectivity index (χ4n) is 1.18. The standard InChI is InChI=1S/C7H11N3O2S/c11-13(10-2-1-8-7-10)9-3-5-12-6-4-9/h1-2,7H,3-6H2. The minimum Gasteiger partial charge on any atom is -0.379 e. The van der Waals surface area contributed by atoms with Crippen LogP contribution in [0.5, 0.6) is 0 Å². The second-order valence-corrected chi connectivity index (χ2v) is 4.09. The third-order valence-electron chi connectivity index (χ3n) is 1.85. The van der Waals surface area contributed by atoms with Crippen molar-refractivity contribution in [2.24, 2.45) is 0 Å². The van der Waals surface area contributed by atoms with Gasteiger partial charge < -0.3 is 4.74 Å². The van der Waals surface area contributed by atoms with Gasteiger partial charge in [-0.15, -0.1) is 0 Å². The van der Waals surface area contributed by atoms with Gasteiger partial charge in [0.15, 0.2) is 0 Å². The van der Waals surface area contributed by atoms with Gasteiger partial charge in [-0.25, -0.2) is 17.5 Å². The molecule has 0 N–H and O–H groups in total. The predicted octanol–water partition coefficient (Wildman–Crippen LogP) is -0.358. The number of imidazole rings is 1. The van der Waals surface area contributed by atoms with Crippen molar-refractivity contribution in [3.05, 3.63) is 18.7 Å². The molecule has 1 aliphatic heterocycles. The van der Waals surface area contributed by atoms with E-state index in [1.54, 1.807) is 22.7 Å². The van der Waals surface area contributed by atoms with Crippen LogP contribution in [0.3, 0.4) is 0 Å². The smallest absolute Gasteiger partial charge is 0.204 e. The SMILES string of the molecule is O=S(N1CCOCC1)n1ccnc1. The molecule has 1 unspecified atom stereocenters. The molecule has 0 aliphatic carbocycles. The lowest BCUT2D eigenvalue weighted by molar-refractivity contribution is 0.0748. The lowest BCUT2D eigenvalue weighted by Crippen LogP contribution is -2.39. The highest BCUT2D eigenvalue weighted by atomic mass is 32.2. The van der Waals surface area contributed by atoms with E-state index in [0.717, 1.165) is 0 Å². The fourth-order valence-corrected chi connectivity index (χ4v) is 2.20. The van der Waals surface area contributed by atoms with Gasteiger partial charge in [-0.05, 0) is 0 Å². The van der Waals surface area contributed by atoms with Gasteiger partial charge in [-0.1, -0.05) is 0 Å². The molecule has 1 aromatic heterocycles. The molecule has 1 fully saturated rings. The van der Waals surface area contributed by atoms with Gasteiger partial charge in [0, 0.05) is 25.5 Å². The number of rotatable bonds is 2. The Labute approximate surface area is 79.0 Å². The molecular weight excluding hydrogens is 190 g/mol. The molecule has 1 saturated heterocycles. The first kappa shape index (κ1) is 8.86. The number of hydrogen-bond donors (Lipinski definition) is 0. The van der Waals surface area contributed by atoms with Gasteiger partial charge in [-0.2, -0.15) is 0 Å². The summed E-state index contributed by atoms with van der Waals surface area (Å²) in [6.45, 7) is 2.73. The first-order valence-corrected chi connectivity index (χ1v) is 5.17. The van der Waals surface area contributed by atoms with Gasteiger partial charge in [0.2, 0.25) is 11.2 Å². The Morgan fingerprint density at radius 3 is 2.77 bits per heavy atom. The summed E-state index contributed by atoms with van der Waals surface area (Å²) in [5.41, 5.74) is 0. The van der Waals surface area contributed by atoms with Gasteiger partial charge in [-0.3, -0.25) is 0 Å². The Morgan fingerprint density at radius 1 is 1.38 bits per heavy atom. The molecule has 0 radical (unpaired) electrons. The number of hydrogen-bond acceptors (Lipinski definition) is 3. The van der Waals surface area contributed by atoms with Gasteiger partial charge >= 0.3 is 0 Å². The van der Waals surface area contributed by atoms with Crippen LogP contribution in [0, 0.1) is 0 Å². The largest absolute Gasteiger partial charge is 0.379 e. The summed E-state index contributed by atoms with van der Waals surface area (Å²) in [4.78, 5) is 3.85. The molecule has 0 spiro atoms. The van der Waals surface area contributed by atoms with Crippen LogP contribution in [-0.2, 0) is 15.9 Å². The zero-order chi connectivity index (χ0) is 9.10. The van der Waals surface area contributed by atoms with Crippen LogP contribution in [0.2, 0.25) is 0 Å². The molecule has 2 rings (SSSR count). The van der Waals surface area contributed by atoms with Crippen LogP contribution in [0.15, 0.2) is 18.7 Å². The van der Waals surface area contributed by atoms with Crippen LogP contribution in [0.25, 0.3) is 0 Å². The summed E-state index contributed by atoms with van der Waals surface area (Å²) in [5.74, 6) is 0. The number of morpholine rings is 1. The van der Waals surface area contributed by atoms with Crippen molar-refractivity contribution in [1.29, 1.82) is 0 Å². The van der Waals surface area contributed by atoms with Crippen molar-refractivity contribution in [1.82, 2.24) is 13.3 Å². The third kappa shape index (κ3) is 1.96. The molecule has 13 heavy (non-hydrogen) atoms. The molecule has 6 heteroatoms. The molecule has 1 aliphatic rings. The minimum absolute atomic E-state index is 0.653. The van der Waals surface area contributed by atoms with Crippen molar-refractivity contribution >= 4 is 11.2 Å². The zero-order valence-electron chi connectivity index (χ0n) is 7.13. The van der Waals surface area contributed by atoms with Crippen LogP contribution in [-0.4, -0.2) is 43.8 Å². The van der Waals surface area contributed by atoms with Crippen LogP contribution in [0.4, 0.5) is 0 Å². The maximum absolute atomic E-state index is 11.8. The molecule has 1 aromatic rings. The molecule has 0 bridgehead atoms. The Bertz CT molecular complexity index is 282. The number of nitrogens with zero attached hydrogens (tertiary/aromatic N) is 3. The summed E-state index contributed by atoms with van der Waals surface area (Å²) < 4.78 is 20.4. The summed E-state index contributed by atoms with van der Waals surface area (Å²) >= 11 is -1.13. The van der Waals surface area contributed by atoms with E-state index in [2.05, 4.69) is 4.98 Å². The van der Waals surface area contributed by atoms with Crippen molar-refractivity contribution < 1.29 is 8.95 Å². The van der Waals surface area contributed by atoms with E-state index in [1.807, 2.05) is 4.31 Å². The van der Waals surface area contributed by atoms with E-state index < -0.39 is 11.2 Å². The average Bonchev–Trinajstić information content (AvgIpc) is 2.71. The van der Waals surface area contributed by atoms with Crippen LogP contribution >= 0.6 is 0 Å². The zero-order valence-corrected chi connectivity index (χ0v) is 7.94. The van der Waals surface area contributed by atoms with E-state index in [1.165, 1.54) is 0 Å². The summed E-state index contributed by atoms with van der Waals surface area (Å²) in [6, 6.07) is 0. The Morgan fingerprint density at radius 2 is 2.15 bits per heavy atom. The third-order valence-corrected chi connectivity index (χ3v) is 3.24.